The number of nitrogens with one attached hydrogen (secondary N) is 1. The van der Waals surface area contributed by atoms with E-state index in [0.717, 1.165) is 22.6 Å². The van der Waals surface area contributed by atoms with Crippen LogP contribution in [0.25, 0.3) is 22.0 Å². The highest BCUT2D eigenvalue weighted by molar-refractivity contribution is 7.99. The molecule has 1 fully saturated rings. The van der Waals surface area contributed by atoms with E-state index in [0.29, 0.717) is 41.2 Å². The molecule has 5 rings (SSSR count). The largest absolute Gasteiger partial charge is 0.454 e. The molecule has 4 aromatic rings. The minimum absolute atomic E-state index is 0.0964. The normalized spacial score (nSPS) is 14.3. The fraction of sp³-hybridized carbons (Fsp3) is 0.208. The van der Waals surface area contributed by atoms with Crippen LogP contribution in [-0.2, 0) is 16.5 Å². The van der Waals surface area contributed by atoms with Crippen LogP contribution in [-0.4, -0.2) is 34.8 Å². The highest BCUT2D eigenvalue weighted by atomic mass is 32.2. The fourth-order valence-corrected chi connectivity index (χ4v) is 4.61. The second kappa shape index (κ2) is 9.01. The van der Waals surface area contributed by atoms with Crippen LogP contribution in [0.3, 0.4) is 0 Å². The lowest BCUT2D eigenvalue weighted by Crippen LogP contribution is -2.16. The number of aromatic amines is 1. The summed E-state index contributed by atoms with van der Waals surface area (Å²) in [7, 11) is 1.67. The van der Waals surface area contributed by atoms with Gasteiger partial charge in [-0.15, -0.1) is 11.8 Å². The predicted octanol–water partition coefficient (Wildman–Crippen LogP) is 5.07. The summed E-state index contributed by atoms with van der Waals surface area (Å²) in [5.41, 5.74) is 1.70. The fourth-order valence-electron chi connectivity index (χ4n) is 3.73. The minimum atomic E-state index is -0.804. The van der Waals surface area contributed by atoms with Gasteiger partial charge in [-0.25, -0.2) is 8.78 Å². The lowest BCUT2D eigenvalue weighted by Gasteiger charge is -2.16. The number of pyridine rings is 1. The first-order valence-electron chi connectivity index (χ1n) is 10.3. The molecule has 0 unspecified atom stereocenters. The molecular formula is C24H20F2N2O4S. The highest BCUT2D eigenvalue weighted by Gasteiger charge is 2.19. The van der Waals surface area contributed by atoms with Crippen LogP contribution in [0.1, 0.15) is 0 Å². The van der Waals surface area contributed by atoms with Crippen LogP contribution in [0.2, 0.25) is 0 Å². The summed E-state index contributed by atoms with van der Waals surface area (Å²) >= 11 is 1.56. The maximum absolute atomic E-state index is 14.3. The monoisotopic (exact) mass is 470 g/mol. The van der Waals surface area contributed by atoms with E-state index in [4.69, 9.17) is 14.2 Å². The number of thioether (sulfide) groups is 1. The third-order valence-corrected chi connectivity index (χ3v) is 6.35. The average molecular weight is 470 g/mol. The van der Waals surface area contributed by atoms with E-state index in [2.05, 4.69) is 4.98 Å². The van der Waals surface area contributed by atoms with Crippen molar-refractivity contribution in [3.63, 3.8) is 0 Å². The zero-order valence-electron chi connectivity index (χ0n) is 17.6. The van der Waals surface area contributed by atoms with Gasteiger partial charge in [0.2, 0.25) is 0 Å². The Morgan fingerprint density at radius 3 is 2.67 bits per heavy atom. The molecule has 0 atom stereocenters. The van der Waals surface area contributed by atoms with Crippen molar-refractivity contribution in [3.05, 3.63) is 76.8 Å². The minimum Gasteiger partial charge on any atom is -0.454 e. The smallest absolute Gasteiger partial charge is 0.274 e. The van der Waals surface area contributed by atoms with Gasteiger partial charge >= 0.3 is 0 Å². The first kappa shape index (κ1) is 21.7. The molecular weight excluding hydrogens is 450 g/mol. The molecule has 1 aliphatic heterocycles. The number of hydrogen-bond acceptors (Lipinski definition) is 5. The van der Waals surface area contributed by atoms with E-state index in [1.165, 1.54) is 10.6 Å². The number of fused-ring (bicyclic) bond motifs is 1. The molecule has 1 aliphatic rings. The number of rotatable bonds is 6. The van der Waals surface area contributed by atoms with Crippen molar-refractivity contribution in [2.75, 3.05) is 19.0 Å². The summed E-state index contributed by atoms with van der Waals surface area (Å²) in [6.07, 6.45) is 3.15. The molecule has 1 saturated heterocycles. The van der Waals surface area contributed by atoms with E-state index < -0.39 is 11.6 Å². The van der Waals surface area contributed by atoms with Crippen LogP contribution in [0.4, 0.5) is 8.78 Å². The van der Waals surface area contributed by atoms with Crippen molar-refractivity contribution in [3.8, 4) is 22.6 Å². The summed E-state index contributed by atoms with van der Waals surface area (Å²) in [6.45, 7) is 1.16. The van der Waals surface area contributed by atoms with Crippen LogP contribution < -0.4 is 10.3 Å². The number of H-pyrrole nitrogens is 1. The average Bonchev–Trinajstić information content (AvgIpc) is 3.50. The van der Waals surface area contributed by atoms with Crippen molar-refractivity contribution in [1.82, 2.24) is 9.55 Å². The van der Waals surface area contributed by atoms with Gasteiger partial charge < -0.3 is 23.8 Å². The number of hydrogen-bond donors (Lipinski definition) is 1. The molecule has 1 N–H and O–H groups in total. The summed E-state index contributed by atoms with van der Waals surface area (Å²) in [5.74, 6) is -0.600. The van der Waals surface area contributed by atoms with Crippen LogP contribution in [0, 0.1) is 11.6 Å². The number of ether oxygens (including phenoxy) is 3. The topological polar surface area (TPSA) is 65.5 Å². The van der Waals surface area contributed by atoms with E-state index >= 15 is 0 Å². The van der Waals surface area contributed by atoms with Crippen molar-refractivity contribution in [2.24, 2.45) is 7.05 Å². The summed E-state index contributed by atoms with van der Waals surface area (Å²) in [4.78, 5) is 16.4. The van der Waals surface area contributed by atoms with Gasteiger partial charge in [-0.2, -0.15) is 0 Å². The van der Waals surface area contributed by atoms with Gasteiger partial charge in [0.05, 0.1) is 13.2 Å². The van der Waals surface area contributed by atoms with Crippen LogP contribution in [0.15, 0.2) is 64.5 Å². The molecule has 33 heavy (non-hydrogen) atoms. The second-order valence-corrected chi connectivity index (χ2v) is 8.64. The number of halogens is 2. The molecule has 2 aromatic heterocycles. The van der Waals surface area contributed by atoms with Crippen molar-refractivity contribution < 1.29 is 23.0 Å². The van der Waals surface area contributed by atoms with E-state index in [1.807, 2.05) is 18.2 Å². The summed E-state index contributed by atoms with van der Waals surface area (Å²) in [6, 6.07) is 10.5. The van der Waals surface area contributed by atoms with Crippen molar-refractivity contribution in [1.29, 1.82) is 0 Å². The Balaban J connectivity index is 1.59. The number of aryl methyl sites for hydroxylation is 1. The zero-order chi connectivity index (χ0) is 22.9. The Morgan fingerprint density at radius 1 is 1.09 bits per heavy atom. The zero-order valence-corrected chi connectivity index (χ0v) is 18.5. The molecule has 6 nitrogen and oxygen atoms in total. The van der Waals surface area contributed by atoms with Crippen molar-refractivity contribution in [2.45, 2.75) is 11.2 Å². The van der Waals surface area contributed by atoms with Gasteiger partial charge in [-0.3, -0.25) is 4.79 Å². The Morgan fingerprint density at radius 2 is 1.88 bits per heavy atom. The summed E-state index contributed by atoms with van der Waals surface area (Å²) in [5, 5.41) is 0.715. The quantitative estimate of drug-likeness (QED) is 0.399. The second-order valence-electron chi connectivity index (χ2n) is 7.54. The molecule has 0 amide bonds. The third kappa shape index (κ3) is 4.39. The van der Waals surface area contributed by atoms with E-state index in [1.54, 1.807) is 37.3 Å². The summed E-state index contributed by atoms with van der Waals surface area (Å²) < 4.78 is 46.1. The number of aromatic nitrogens is 2. The first-order chi connectivity index (χ1) is 16.0. The van der Waals surface area contributed by atoms with Gasteiger partial charge in [-0.1, -0.05) is 0 Å². The van der Waals surface area contributed by atoms with Crippen LogP contribution >= 0.6 is 11.8 Å². The maximum atomic E-state index is 14.3. The van der Waals surface area contributed by atoms with Gasteiger partial charge in [0.25, 0.3) is 5.56 Å². The standard InChI is InChI=1S/C24H20F2N2O4S/c1-28-12-18(16-6-7-27-23(16)24(28)29)17-11-15(33-13-22-30-8-9-31-22)3-5-20(17)32-21-4-2-14(25)10-19(21)26/h2-7,10-12,22,27H,8-9,13H2,1H3. The molecule has 3 heterocycles. The lowest BCUT2D eigenvalue weighted by atomic mass is 10.0. The number of nitrogens with zero attached hydrogens (tertiary/aromatic N) is 1. The van der Waals surface area contributed by atoms with Crippen LogP contribution in [0.5, 0.6) is 11.5 Å². The molecule has 0 radical (unpaired) electrons. The molecule has 0 saturated carbocycles. The first-order valence-corrected chi connectivity index (χ1v) is 11.3. The van der Waals surface area contributed by atoms with Crippen molar-refractivity contribution >= 4 is 22.7 Å². The molecule has 9 heteroatoms. The third-order valence-electron chi connectivity index (χ3n) is 5.33. The highest BCUT2D eigenvalue weighted by Crippen LogP contribution is 2.39. The van der Waals surface area contributed by atoms with Gasteiger partial charge in [-0.05, 0) is 36.4 Å². The molecule has 0 bridgehead atoms. The SMILES string of the molecule is Cn1cc(-c2cc(SCC3OCCO3)ccc2Oc2ccc(F)cc2F)c2cc[nH]c2c1=O. The van der Waals surface area contributed by atoms with E-state index in [9.17, 15) is 13.6 Å². The van der Waals surface area contributed by atoms with Gasteiger partial charge in [0, 0.05) is 52.7 Å². The Kier molecular flexibility index (Phi) is 5.92. The lowest BCUT2D eigenvalue weighted by molar-refractivity contribution is -0.0214. The molecule has 0 aliphatic carbocycles. The van der Waals surface area contributed by atoms with Gasteiger partial charge in [0.1, 0.15) is 17.1 Å². The number of benzene rings is 2. The van der Waals surface area contributed by atoms with E-state index in [-0.39, 0.29) is 17.6 Å². The Bertz CT molecular complexity index is 1380. The Hall–Kier alpha value is -3.14. The van der Waals surface area contributed by atoms with Gasteiger partial charge in [0.15, 0.2) is 17.9 Å². The molecule has 170 valence electrons. The molecule has 0 spiro atoms. The molecule has 2 aromatic carbocycles. The maximum Gasteiger partial charge on any atom is 0.274 e. The Labute approximate surface area is 192 Å². The predicted molar refractivity (Wildman–Crippen MR) is 122 cm³/mol.